The van der Waals surface area contributed by atoms with E-state index >= 15 is 0 Å². The number of rotatable bonds is 4. The number of ether oxygens (including phenoxy) is 2. The lowest BCUT2D eigenvalue weighted by atomic mass is 10.2. The lowest BCUT2D eigenvalue weighted by Crippen LogP contribution is -2.50. The summed E-state index contributed by atoms with van der Waals surface area (Å²) in [4.78, 5) is 37.3. The number of amides is 2. The predicted octanol–water partition coefficient (Wildman–Crippen LogP) is 0.241. The number of aromatic nitrogens is 2. The molecule has 0 aromatic carbocycles. The van der Waals surface area contributed by atoms with Gasteiger partial charge < -0.3 is 19.3 Å². The zero-order chi connectivity index (χ0) is 17.0. The van der Waals surface area contributed by atoms with Gasteiger partial charge in [0.25, 0.3) is 5.91 Å². The molecule has 0 bridgehead atoms. The van der Waals surface area contributed by atoms with Crippen LogP contribution >= 0.6 is 0 Å². The maximum Gasteiger partial charge on any atom is 0.409 e. The van der Waals surface area contributed by atoms with Crippen LogP contribution in [0.15, 0.2) is 0 Å². The summed E-state index contributed by atoms with van der Waals surface area (Å²) in [6.07, 6.45) is -0.436. The second-order valence-electron chi connectivity index (χ2n) is 4.69. The van der Waals surface area contributed by atoms with Crippen molar-refractivity contribution in [3.63, 3.8) is 0 Å². The van der Waals surface area contributed by atoms with Crippen molar-refractivity contribution in [1.29, 1.82) is 0 Å². The van der Waals surface area contributed by atoms with E-state index in [0.717, 1.165) is 0 Å². The molecule has 0 saturated carbocycles. The predicted molar refractivity (Wildman–Crippen MR) is 76.3 cm³/mol. The molecule has 0 aliphatic carbocycles. The van der Waals surface area contributed by atoms with Gasteiger partial charge in [0.15, 0.2) is 0 Å². The quantitative estimate of drug-likeness (QED) is 0.619. The second-order valence-corrected chi connectivity index (χ2v) is 4.69. The lowest BCUT2D eigenvalue weighted by molar-refractivity contribution is -0.386. The first-order chi connectivity index (χ1) is 11.0. The minimum Gasteiger partial charge on any atom is -0.475 e. The van der Waals surface area contributed by atoms with Crippen LogP contribution in [0.5, 0.6) is 5.88 Å². The standard InChI is InChI=1S/C12H17N5O6/c1-3-23-12(19)16-6-4-15(5-7-16)11(18)8-9(17(20)21)10(22-2)14-13-8/h3-7H2,1-2H3,(H,13,14). The zero-order valence-electron chi connectivity index (χ0n) is 12.8. The van der Waals surface area contributed by atoms with Gasteiger partial charge in [-0.25, -0.2) is 4.79 Å². The smallest absolute Gasteiger partial charge is 0.409 e. The van der Waals surface area contributed by atoms with E-state index in [4.69, 9.17) is 9.47 Å². The summed E-state index contributed by atoms with van der Waals surface area (Å²) in [5.41, 5.74) is -0.734. The van der Waals surface area contributed by atoms with Gasteiger partial charge in [-0.2, -0.15) is 0 Å². The number of nitro groups is 1. The highest BCUT2D eigenvalue weighted by Gasteiger charge is 2.34. The molecule has 1 aromatic rings. The largest absolute Gasteiger partial charge is 0.475 e. The first kappa shape index (κ1) is 16.5. The molecule has 126 valence electrons. The molecule has 2 amide bonds. The summed E-state index contributed by atoms with van der Waals surface area (Å²) >= 11 is 0. The average Bonchev–Trinajstić information content (AvgIpc) is 2.98. The number of methoxy groups -OCH3 is 1. The van der Waals surface area contributed by atoms with Gasteiger partial charge >= 0.3 is 17.7 Å². The van der Waals surface area contributed by atoms with Crippen molar-refractivity contribution in [2.75, 3.05) is 39.9 Å². The third-order valence-electron chi connectivity index (χ3n) is 3.39. The summed E-state index contributed by atoms with van der Waals surface area (Å²) in [6.45, 7) is 3.07. The Bertz CT molecular complexity index is 607. The monoisotopic (exact) mass is 327 g/mol. The molecule has 2 rings (SSSR count). The van der Waals surface area contributed by atoms with Crippen LogP contribution in [-0.4, -0.2) is 76.8 Å². The molecule has 2 heterocycles. The van der Waals surface area contributed by atoms with Gasteiger partial charge in [0.2, 0.25) is 5.69 Å². The molecule has 1 saturated heterocycles. The van der Waals surface area contributed by atoms with Gasteiger partial charge in [-0.3, -0.25) is 20.0 Å². The molecule has 1 aliphatic heterocycles. The number of hydrogen-bond acceptors (Lipinski definition) is 7. The fraction of sp³-hybridized carbons (Fsp3) is 0.583. The van der Waals surface area contributed by atoms with Gasteiger partial charge in [-0.1, -0.05) is 0 Å². The van der Waals surface area contributed by atoms with Crippen LogP contribution in [0, 0.1) is 10.1 Å². The molecule has 11 heteroatoms. The van der Waals surface area contributed by atoms with Crippen LogP contribution in [0.1, 0.15) is 17.4 Å². The summed E-state index contributed by atoms with van der Waals surface area (Å²) in [5, 5.41) is 17.1. The molecule has 1 fully saturated rings. The number of H-pyrrole nitrogens is 1. The van der Waals surface area contributed by atoms with Crippen molar-refractivity contribution < 1.29 is 24.0 Å². The molecular formula is C12H17N5O6. The van der Waals surface area contributed by atoms with E-state index in [1.165, 1.54) is 16.9 Å². The molecule has 0 radical (unpaired) electrons. The van der Waals surface area contributed by atoms with Crippen LogP contribution in [0.2, 0.25) is 0 Å². The second kappa shape index (κ2) is 6.94. The van der Waals surface area contributed by atoms with Crippen molar-refractivity contribution in [2.24, 2.45) is 0 Å². The highest BCUT2D eigenvalue weighted by Crippen LogP contribution is 2.28. The number of aromatic amines is 1. The number of carbonyl (C=O) groups excluding carboxylic acids is 2. The Kier molecular flexibility index (Phi) is 4.98. The molecule has 0 unspecified atom stereocenters. The summed E-state index contributed by atoms with van der Waals surface area (Å²) in [7, 11) is 1.23. The van der Waals surface area contributed by atoms with Gasteiger partial charge in [0.1, 0.15) is 0 Å². The Balaban J connectivity index is 2.07. The summed E-state index contributed by atoms with van der Waals surface area (Å²) in [6, 6.07) is 0. The van der Waals surface area contributed by atoms with Crippen molar-refractivity contribution in [1.82, 2.24) is 20.0 Å². The molecule has 1 aromatic heterocycles. The molecule has 23 heavy (non-hydrogen) atoms. The van der Waals surface area contributed by atoms with Crippen LogP contribution in [0.25, 0.3) is 0 Å². The molecule has 11 nitrogen and oxygen atoms in total. The van der Waals surface area contributed by atoms with E-state index in [1.54, 1.807) is 6.92 Å². The molecular weight excluding hydrogens is 310 g/mol. The minimum atomic E-state index is -0.718. The third-order valence-corrected chi connectivity index (χ3v) is 3.39. The molecule has 0 atom stereocenters. The normalized spacial score (nSPS) is 14.5. The number of nitrogens with zero attached hydrogens (tertiary/aromatic N) is 4. The van der Waals surface area contributed by atoms with Gasteiger partial charge in [-0.05, 0) is 6.92 Å². The fourth-order valence-electron chi connectivity index (χ4n) is 2.25. The maximum atomic E-state index is 12.4. The first-order valence-corrected chi connectivity index (χ1v) is 6.97. The van der Waals surface area contributed by atoms with E-state index in [-0.39, 0.29) is 31.3 Å². The Morgan fingerprint density at radius 2 is 1.91 bits per heavy atom. The van der Waals surface area contributed by atoms with Crippen molar-refractivity contribution in [3.05, 3.63) is 15.8 Å². The van der Waals surface area contributed by atoms with Crippen molar-refractivity contribution in [3.8, 4) is 5.88 Å². The van der Waals surface area contributed by atoms with Gasteiger partial charge in [0.05, 0.1) is 18.6 Å². The number of piperazine rings is 1. The number of hydrogen-bond donors (Lipinski definition) is 1. The Morgan fingerprint density at radius 3 is 2.43 bits per heavy atom. The topological polar surface area (TPSA) is 131 Å². The van der Waals surface area contributed by atoms with Crippen LogP contribution < -0.4 is 4.74 Å². The average molecular weight is 327 g/mol. The lowest BCUT2D eigenvalue weighted by Gasteiger charge is -2.33. The van der Waals surface area contributed by atoms with E-state index in [9.17, 15) is 19.7 Å². The number of carbonyl (C=O) groups is 2. The van der Waals surface area contributed by atoms with E-state index < -0.39 is 22.6 Å². The zero-order valence-corrected chi connectivity index (χ0v) is 12.8. The third kappa shape index (κ3) is 3.33. The van der Waals surface area contributed by atoms with Gasteiger partial charge in [-0.15, -0.1) is 5.10 Å². The van der Waals surface area contributed by atoms with E-state index in [1.807, 2.05) is 0 Å². The van der Waals surface area contributed by atoms with Crippen LogP contribution in [0.4, 0.5) is 10.5 Å². The molecule has 1 N–H and O–H groups in total. The molecule has 1 aliphatic rings. The number of nitrogens with one attached hydrogen (secondary N) is 1. The Hall–Kier alpha value is -2.85. The van der Waals surface area contributed by atoms with Crippen molar-refractivity contribution >= 4 is 17.7 Å². The maximum absolute atomic E-state index is 12.4. The highest BCUT2D eigenvalue weighted by molar-refractivity contribution is 5.97. The van der Waals surface area contributed by atoms with E-state index in [0.29, 0.717) is 13.1 Å². The Morgan fingerprint density at radius 1 is 1.30 bits per heavy atom. The first-order valence-electron chi connectivity index (χ1n) is 6.97. The Labute approximate surface area is 131 Å². The van der Waals surface area contributed by atoms with Crippen molar-refractivity contribution in [2.45, 2.75) is 6.92 Å². The minimum absolute atomic E-state index is 0.239. The SMILES string of the molecule is CCOC(=O)N1CCN(C(=O)c2[nH]nc(OC)c2[N+](=O)[O-])CC1. The van der Waals surface area contributed by atoms with Gasteiger partial charge in [0, 0.05) is 26.2 Å². The molecule has 0 spiro atoms. The summed E-state index contributed by atoms with van der Waals surface area (Å²) in [5.74, 6) is -0.806. The van der Waals surface area contributed by atoms with Crippen LogP contribution in [-0.2, 0) is 4.74 Å². The highest BCUT2D eigenvalue weighted by atomic mass is 16.6. The summed E-state index contributed by atoms with van der Waals surface area (Å²) < 4.78 is 9.67. The van der Waals surface area contributed by atoms with Crippen LogP contribution in [0.3, 0.4) is 0 Å². The van der Waals surface area contributed by atoms with E-state index in [2.05, 4.69) is 10.2 Å². The fourth-order valence-corrected chi connectivity index (χ4v) is 2.25.